The minimum absolute atomic E-state index is 0.645. The first-order chi connectivity index (χ1) is 25.2. The van der Waals surface area contributed by atoms with Crippen LogP contribution in [0, 0.1) is 0 Å². The Bertz CT molecular complexity index is 2840. The first kappa shape index (κ1) is 29.4. The fourth-order valence-corrected chi connectivity index (χ4v) is 8.20. The molecular formula is C46H28N4S. The van der Waals surface area contributed by atoms with Crippen molar-refractivity contribution >= 4 is 53.2 Å². The first-order valence-electron chi connectivity index (χ1n) is 17.0. The lowest BCUT2D eigenvalue weighted by Crippen LogP contribution is -2.00. The number of aromatic nitrogens is 4. The molecule has 51 heavy (non-hydrogen) atoms. The molecule has 0 radical (unpaired) electrons. The van der Waals surface area contributed by atoms with E-state index in [2.05, 4.69) is 103 Å². The highest BCUT2D eigenvalue weighted by Gasteiger charge is 2.16. The number of hydrogen-bond acceptors (Lipinski definition) is 5. The quantitative estimate of drug-likeness (QED) is 0.171. The van der Waals surface area contributed by atoms with Gasteiger partial charge in [-0.25, -0.2) is 15.0 Å². The molecule has 7 aromatic carbocycles. The average Bonchev–Trinajstić information content (AvgIpc) is 3.59. The largest absolute Gasteiger partial charge is 0.256 e. The summed E-state index contributed by atoms with van der Waals surface area (Å²) in [4.78, 5) is 19.5. The van der Waals surface area contributed by atoms with E-state index in [0.29, 0.717) is 17.5 Å². The summed E-state index contributed by atoms with van der Waals surface area (Å²) >= 11 is 1.85. The number of rotatable bonds is 5. The molecule has 0 bridgehead atoms. The molecule has 238 valence electrons. The lowest BCUT2D eigenvalue weighted by Gasteiger charge is -2.12. The molecule has 4 nitrogen and oxygen atoms in total. The molecule has 3 heterocycles. The summed E-state index contributed by atoms with van der Waals surface area (Å²) in [6, 6.07) is 57.4. The maximum atomic E-state index is 4.96. The van der Waals surface area contributed by atoms with Crippen LogP contribution in [0.25, 0.3) is 98.3 Å². The minimum atomic E-state index is 0.645. The number of thiophene rings is 1. The SMILES string of the molecule is c1ccc(-c2nc(-c3ccccc3)nc(-c3ccc(-c4cc(-c5ccc6ncc7ccccc7c6c5)cc5c4sc4ccccc45)cc3)n2)cc1. The maximum absolute atomic E-state index is 4.96. The Labute approximate surface area is 298 Å². The smallest absolute Gasteiger partial charge is 0.164 e. The van der Waals surface area contributed by atoms with Gasteiger partial charge in [-0.2, -0.15) is 0 Å². The molecule has 0 saturated heterocycles. The lowest BCUT2D eigenvalue weighted by atomic mass is 9.94. The number of hydrogen-bond donors (Lipinski definition) is 0. The van der Waals surface area contributed by atoms with Crippen molar-refractivity contribution in [3.8, 4) is 56.4 Å². The maximum Gasteiger partial charge on any atom is 0.164 e. The zero-order valence-corrected chi connectivity index (χ0v) is 28.2. The van der Waals surface area contributed by atoms with Crippen LogP contribution in [0.4, 0.5) is 0 Å². The van der Waals surface area contributed by atoms with Crippen molar-refractivity contribution in [1.82, 2.24) is 19.9 Å². The van der Waals surface area contributed by atoms with Gasteiger partial charge in [-0.15, -0.1) is 11.3 Å². The van der Waals surface area contributed by atoms with Gasteiger partial charge in [-0.05, 0) is 52.4 Å². The predicted octanol–water partition coefficient (Wildman–Crippen LogP) is 12.3. The minimum Gasteiger partial charge on any atom is -0.256 e. The summed E-state index contributed by atoms with van der Waals surface area (Å²) < 4.78 is 2.56. The van der Waals surface area contributed by atoms with Crippen molar-refractivity contribution < 1.29 is 0 Å². The van der Waals surface area contributed by atoms with Crippen molar-refractivity contribution in [2.75, 3.05) is 0 Å². The summed E-state index contributed by atoms with van der Waals surface area (Å²) in [6.07, 6.45) is 1.96. The second-order valence-electron chi connectivity index (χ2n) is 12.7. The third kappa shape index (κ3) is 5.23. The van der Waals surface area contributed by atoms with E-state index in [0.717, 1.165) is 38.5 Å². The molecule has 0 fully saturated rings. The van der Waals surface area contributed by atoms with Gasteiger partial charge >= 0.3 is 0 Å². The standard InChI is InChI=1S/C46H28N4S/c1-3-11-30(12-4-1)44-48-45(31-13-5-2-6-14-31)50-46(49-44)32-21-19-29(20-22-32)38-26-35(27-40-37-17-9-10-18-42(37)51-43(38)40)33-23-24-41-39(25-33)36-16-8-7-15-34(36)28-47-41/h1-28H. The van der Waals surface area contributed by atoms with E-state index in [1.807, 2.05) is 78.2 Å². The Morgan fingerprint density at radius 3 is 1.63 bits per heavy atom. The molecule has 10 rings (SSSR count). The molecule has 0 saturated carbocycles. The van der Waals surface area contributed by atoms with Crippen molar-refractivity contribution in [1.29, 1.82) is 0 Å². The van der Waals surface area contributed by atoms with Gasteiger partial charge in [0.2, 0.25) is 0 Å². The topological polar surface area (TPSA) is 51.6 Å². The van der Waals surface area contributed by atoms with Crippen molar-refractivity contribution in [3.05, 3.63) is 170 Å². The van der Waals surface area contributed by atoms with Gasteiger partial charge in [0.25, 0.3) is 0 Å². The van der Waals surface area contributed by atoms with Gasteiger partial charge in [0, 0.05) is 59.4 Å². The molecule has 0 amide bonds. The molecule has 0 aliphatic carbocycles. The fourth-order valence-electron chi connectivity index (χ4n) is 6.98. The van der Waals surface area contributed by atoms with Crippen LogP contribution in [0.15, 0.2) is 170 Å². The highest BCUT2D eigenvalue weighted by atomic mass is 32.1. The molecule has 3 aromatic heterocycles. The van der Waals surface area contributed by atoms with E-state index in [4.69, 9.17) is 19.9 Å². The zero-order valence-electron chi connectivity index (χ0n) is 27.4. The molecule has 0 unspecified atom stereocenters. The van der Waals surface area contributed by atoms with Crippen LogP contribution in [0.2, 0.25) is 0 Å². The lowest BCUT2D eigenvalue weighted by molar-refractivity contribution is 1.07. The Kier molecular flexibility index (Phi) is 6.96. The number of benzene rings is 7. The first-order valence-corrected chi connectivity index (χ1v) is 17.8. The van der Waals surface area contributed by atoms with Crippen molar-refractivity contribution in [2.45, 2.75) is 0 Å². The summed E-state index contributed by atoms with van der Waals surface area (Å²) in [5.74, 6) is 1.95. The molecule has 10 aromatic rings. The molecular weight excluding hydrogens is 641 g/mol. The van der Waals surface area contributed by atoms with E-state index in [1.165, 1.54) is 42.2 Å². The molecule has 0 atom stereocenters. The van der Waals surface area contributed by atoms with Crippen LogP contribution in [0.3, 0.4) is 0 Å². The number of nitrogens with zero attached hydrogens (tertiary/aromatic N) is 4. The summed E-state index contributed by atoms with van der Waals surface area (Å²) in [6.45, 7) is 0. The molecule has 0 aliphatic rings. The van der Waals surface area contributed by atoms with Gasteiger partial charge in [0.05, 0.1) is 5.52 Å². The summed E-state index contributed by atoms with van der Waals surface area (Å²) in [5.41, 5.74) is 8.54. The van der Waals surface area contributed by atoms with Crippen molar-refractivity contribution in [3.63, 3.8) is 0 Å². The van der Waals surface area contributed by atoms with Gasteiger partial charge in [0.1, 0.15) is 0 Å². The molecule has 5 heteroatoms. The Morgan fingerprint density at radius 1 is 0.373 bits per heavy atom. The highest BCUT2D eigenvalue weighted by molar-refractivity contribution is 7.26. The van der Waals surface area contributed by atoms with Crippen molar-refractivity contribution in [2.24, 2.45) is 0 Å². The molecule has 0 spiro atoms. The second-order valence-corrected chi connectivity index (χ2v) is 13.7. The number of fused-ring (bicyclic) bond motifs is 6. The second kappa shape index (κ2) is 12.1. The van der Waals surface area contributed by atoms with E-state index >= 15 is 0 Å². The third-order valence-corrected chi connectivity index (χ3v) is 10.8. The van der Waals surface area contributed by atoms with Crippen LogP contribution in [-0.2, 0) is 0 Å². The highest BCUT2D eigenvalue weighted by Crippen LogP contribution is 2.43. The zero-order chi connectivity index (χ0) is 33.7. The van der Waals surface area contributed by atoms with Crippen LogP contribution >= 0.6 is 11.3 Å². The summed E-state index contributed by atoms with van der Waals surface area (Å²) in [5, 5.41) is 6.06. The Hall–Kier alpha value is -6.56. The molecule has 0 aliphatic heterocycles. The third-order valence-electron chi connectivity index (χ3n) is 9.56. The van der Waals surface area contributed by atoms with Crippen LogP contribution < -0.4 is 0 Å². The average molecular weight is 669 g/mol. The van der Waals surface area contributed by atoms with Gasteiger partial charge in [0.15, 0.2) is 17.5 Å². The molecule has 0 N–H and O–H groups in total. The van der Waals surface area contributed by atoms with E-state index < -0.39 is 0 Å². The van der Waals surface area contributed by atoms with E-state index in [-0.39, 0.29) is 0 Å². The van der Waals surface area contributed by atoms with Crippen LogP contribution in [0.1, 0.15) is 0 Å². The van der Waals surface area contributed by atoms with Crippen LogP contribution in [0.5, 0.6) is 0 Å². The van der Waals surface area contributed by atoms with E-state index in [1.54, 1.807) is 0 Å². The van der Waals surface area contributed by atoms with Gasteiger partial charge in [-0.3, -0.25) is 4.98 Å². The summed E-state index contributed by atoms with van der Waals surface area (Å²) in [7, 11) is 0. The predicted molar refractivity (Wildman–Crippen MR) is 213 cm³/mol. The Balaban J connectivity index is 1.12. The Morgan fingerprint density at radius 2 is 0.922 bits per heavy atom. The fraction of sp³-hybridized carbons (Fsp3) is 0. The normalized spacial score (nSPS) is 11.5. The van der Waals surface area contributed by atoms with E-state index in [9.17, 15) is 0 Å². The number of pyridine rings is 1. The van der Waals surface area contributed by atoms with Gasteiger partial charge < -0.3 is 0 Å². The van der Waals surface area contributed by atoms with Gasteiger partial charge in [-0.1, -0.05) is 133 Å². The monoisotopic (exact) mass is 668 g/mol. The van der Waals surface area contributed by atoms with Crippen LogP contribution in [-0.4, -0.2) is 19.9 Å².